The lowest BCUT2D eigenvalue weighted by atomic mass is 9.78. The smallest absolute Gasteiger partial charge is 0.399 e. The van der Waals surface area contributed by atoms with Crippen molar-refractivity contribution in [1.82, 2.24) is 9.97 Å². The molecule has 0 amide bonds. The van der Waals surface area contributed by atoms with E-state index in [1.54, 1.807) is 6.20 Å². The van der Waals surface area contributed by atoms with Gasteiger partial charge in [0.25, 0.3) is 0 Å². The maximum absolute atomic E-state index is 6.09. The van der Waals surface area contributed by atoms with Gasteiger partial charge in [-0.1, -0.05) is 18.2 Å². The Hall–Kier alpha value is -1.59. The number of aromatic nitrogens is 2. The fourth-order valence-electron chi connectivity index (χ4n) is 2.49. The van der Waals surface area contributed by atoms with E-state index in [0.29, 0.717) is 0 Å². The summed E-state index contributed by atoms with van der Waals surface area (Å²) in [6, 6.07) is 6.22. The first-order valence-electron chi connectivity index (χ1n) is 7.26. The molecule has 1 aliphatic rings. The summed E-state index contributed by atoms with van der Waals surface area (Å²) >= 11 is 0. The minimum Gasteiger partial charge on any atom is -0.399 e. The second-order valence-electron chi connectivity index (χ2n) is 6.60. The Morgan fingerprint density at radius 3 is 2.29 bits per heavy atom. The van der Waals surface area contributed by atoms with Gasteiger partial charge in [0, 0.05) is 18.0 Å². The molecular weight excluding hydrogens is 263 g/mol. The molecule has 1 aromatic carbocycles. The summed E-state index contributed by atoms with van der Waals surface area (Å²) in [6.45, 7) is 10.3. The zero-order valence-corrected chi connectivity index (χ0v) is 13.2. The molecule has 1 fully saturated rings. The molecule has 21 heavy (non-hydrogen) atoms. The molecule has 3 rings (SSSR count). The number of imidazole rings is 1. The Bertz CT molecular complexity index is 634. The molecule has 0 saturated carbocycles. The molecule has 5 heteroatoms. The fourth-order valence-corrected chi connectivity index (χ4v) is 2.49. The summed E-state index contributed by atoms with van der Waals surface area (Å²) < 4.78 is 12.2. The third kappa shape index (κ3) is 2.41. The van der Waals surface area contributed by atoms with E-state index >= 15 is 0 Å². The number of nitrogens with zero attached hydrogens (tertiary/aromatic N) is 1. The van der Waals surface area contributed by atoms with E-state index < -0.39 is 0 Å². The monoisotopic (exact) mass is 284 g/mol. The van der Waals surface area contributed by atoms with Crippen LogP contribution in [0.5, 0.6) is 0 Å². The van der Waals surface area contributed by atoms with Gasteiger partial charge in [-0.15, -0.1) is 0 Å². The van der Waals surface area contributed by atoms with E-state index in [9.17, 15) is 0 Å². The SMILES string of the molecule is Cc1cc(B2OC(C)(C)C(C)(C)O2)ccc1-c1ncc[nH]1. The van der Waals surface area contributed by atoms with Gasteiger partial charge >= 0.3 is 7.12 Å². The summed E-state index contributed by atoms with van der Waals surface area (Å²) in [5.74, 6) is 0.882. The highest BCUT2D eigenvalue weighted by Crippen LogP contribution is 2.36. The van der Waals surface area contributed by atoms with Crippen molar-refractivity contribution < 1.29 is 9.31 Å². The van der Waals surface area contributed by atoms with Crippen LogP contribution in [0.2, 0.25) is 0 Å². The average molecular weight is 284 g/mol. The van der Waals surface area contributed by atoms with Crippen molar-refractivity contribution in [1.29, 1.82) is 0 Å². The molecule has 110 valence electrons. The maximum atomic E-state index is 6.09. The van der Waals surface area contributed by atoms with Crippen LogP contribution in [0.3, 0.4) is 0 Å². The van der Waals surface area contributed by atoms with E-state index in [1.807, 2.05) is 12.3 Å². The van der Waals surface area contributed by atoms with E-state index in [1.165, 1.54) is 0 Å². The molecule has 1 aromatic heterocycles. The van der Waals surface area contributed by atoms with E-state index in [0.717, 1.165) is 22.4 Å². The van der Waals surface area contributed by atoms with E-state index in [-0.39, 0.29) is 18.3 Å². The van der Waals surface area contributed by atoms with Crippen LogP contribution in [-0.2, 0) is 9.31 Å². The predicted octanol–water partition coefficient (Wildman–Crippen LogP) is 2.68. The van der Waals surface area contributed by atoms with E-state index in [2.05, 4.69) is 56.7 Å². The lowest BCUT2D eigenvalue weighted by Crippen LogP contribution is -2.41. The number of hydrogen-bond donors (Lipinski definition) is 1. The predicted molar refractivity (Wildman–Crippen MR) is 84.5 cm³/mol. The normalized spacial score (nSPS) is 20.0. The molecular formula is C16H21BN2O2. The van der Waals surface area contributed by atoms with Crippen molar-refractivity contribution in [2.45, 2.75) is 45.8 Å². The number of benzene rings is 1. The zero-order chi connectivity index (χ0) is 15.3. The third-order valence-electron chi connectivity index (χ3n) is 4.53. The fraction of sp³-hybridized carbons (Fsp3) is 0.438. The first kappa shape index (κ1) is 14.4. The molecule has 2 aromatic rings. The van der Waals surface area contributed by atoms with Crippen molar-refractivity contribution in [2.24, 2.45) is 0 Å². The van der Waals surface area contributed by atoms with Crippen LogP contribution in [0.15, 0.2) is 30.6 Å². The van der Waals surface area contributed by atoms with Gasteiger partial charge in [-0.3, -0.25) is 0 Å². The Morgan fingerprint density at radius 1 is 1.10 bits per heavy atom. The molecule has 1 saturated heterocycles. The highest BCUT2D eigenvalue weighted by Gasteiger charge is 2.51. The minimum absolute atomic E-state index is 0.314. The lowest BCUT2D eigenvalue weighted by molar-refractivity contribution is 0.00578. The number of hydrogen-bond acceptors (Lipinski definition) is 3. The second-order valence-corrected chi connectivity index (χ2v) is 6.60. The quantitative estimate of drug-likeness (QED) is 0.862. The van der Waals surface area contributed by atoms with Gasteiger partial charge in [0.1, 0.15) is 5.82 Å². The summed E-state index contributed by atoms with van der Waals surface area (Å²) in [4.78, 5) is 7.44. The first-order valence-corrected chi connectivity index (χ1v) is 7.26. The first-order chi connectivity index (χ1) is 9.80. The van der Waals surface area contributed by atoms with Gasteiger partial charge in [-0.2, -0.15) is 0 Å². The Balaban J connectivity index is 1.90. The number of aryl methyl sites for hydroxylation is 1. The second kappa shape index (κ2) is 4.72. The van der Waals surface area contributed by atoms with Crippen molar-refractivity contribution in [3.63, 3.8) is 0 Å². The van der Waals surface area contributed by atoms with Gasteiger partial charge in [0.05, 0.1) is 11.2 Å². The highest BCUT2D eigenvalue weighted by molar-refractivity contribution is 6.62. The van der Waals surface area contributed by atoms with Crippen LogP contribution < -0.4 is 5.46 Å². The van der Waals surface area contributed by atoms with Crippen LogP contribution in [0.4, 0.5) is 0 Å². The molecule has 0 atom stereocenters. The lowest BCUT2D eigenvalue weighted by Gasteiger charge is -2.32. The number of rotatable bonds is 2. The minimum atomic E-state index is -0.320. The summed E-state index contributed by atoms with van der Waals surface area (Å²) in [5.41, 5.74) is 2.66. The van der Waals surface area contributed by atoms with Gasteiger partial charge in [-0.05, 0) is 45.6 Å². The Labute approximate surface area is 126 Å². The third-order valence-corrected chi connectivity index (χ3v) is 4.53. The molecule has 2 heterocycles. The topological polar surface area (TPSA) is 47.1 Å². The standard InChI is InChI=1S/C16H21BN2O2/c1-11-10-12(6-7-13(11)14-18-8-9-19-14)17-20-15(2,3)16(4,5)21-17/h6-10H,1-5H3,(H,18,19). The van der Waals surface area contributed by atoms with Crippen LogP contribution in [0.1, 0.15) is 33.3 Å². The molecule has 4 nitrogen and oxygen atoms in total. The van der Waals surface area contributed by atoms with Gasteiger partial charge in [0.2, 0.25) is 0 Å². The molecule has 0 radical (unpaired) electrons. The van der Waals surface area contributed by atoms with Crippen molar-refractivity contribution in [3.05, 3.63) is 36.2 Å². The average Bonchev–Trinajstić information content (AvgIpc) is 2.96. The molecule has 0 bridgehead atoms. The molecule has 0 spiro atoms. The largest absolute Gasteiger partial charge is 0.494 e. The Morgan fingerprint density at radius 2 is 1.76 bits per heavy atom. The Kier molecular flexibility index (Phi) is 3.22. The highest BCUT2D eigenvalue weighted by atomic mass is 16.7. The number of nitrogens with one attached hydrogen (secondary N) is 1. The van der Waals surface area contributed by atoms with Crippen molar-refractivity contribution in [2.75, 3.05) is 0 Å². The molecule has 0 unspecified atom stereocenters. The van der Waals surface area contributed by atoms with Gasteiger partial charge < -0.3 is 14.3 Å². The molecule has 0 aliphatic carbocycles. The summed E-state index contributed by atoms with van der Waals surface area (Å²) in [7, 11) is -0.320. The van der Waals surface area contributed by atoms with Gasteiger partial charge in [-0.25, -0.2) is 4.98 Å². The van der Waals surface area contributed by atoms with Gasteiger partial charge in [0.15, 0.2) is 0 Å². The van der Waals surface area contributed by atoms with Crippen LogP contribution in [0, 0.1) is 6.92 Å². The van der Waals surface area contributed by atoms with Crippen molar-refractivity contribution >= 4 is 12.6 Å². The number of H-pyrrole nitrogens is 1. The molecule has 1 N–H and O–H groups in total. The van der Waals surface area contributed by atoms with Crippen LogP contribution in [-0.4, -0.2) is 28.3 Å². The molecule has 1 aliphatic heterocycles. The van der Waals surface area contributed by atoms with Crippen LogP contribution in [0.25, 0.3) is 11.4 Å². The van der Waals surface area contributed by atoms with E-state index in [4.69, 9.17) is 9.31 Å². The summed E-state index contributed by atoms with van der Waals surface area (Å²) in [6.07, 6.45) is 3.59. The maximum Gasteiger partial charge on any atom is 0.494 e. The zero-order valence-electron chi connectivity index (χ0n) is 13.2. The number of aromatic amines is 1. The van der Waals surface area contributed by atoms with Crippen molar-refractivity contribution in [3.8, 4) is 11.4 Å². The summed E-state index contributed by atoms with van der Waals surface area (Å²) in [5, 5.41) is 0. The van der Waals surface area contributed by atoms with Crippen LogP contribution >= 0.6 is 0 Å².